The summed E-state index contributed by atoms with van der Waals surface area (Å²) in [7, 11) is 1.86. The predicted octanol–water partition coefficient (Wildman–Crippen LogP) is 1.94. The largest absolute Gasteiger partial charge is 0.285 e. The van der Waals surface area contributed by atoms with E-state index in [9.17, 15) is 4.79 Å². The second-order valence-corrected chi connectivity index (χ2v) is 4.53. The first-order chi connectivity index (χ1) is 9.70. The Hall–Kier alpha value is -2.69. The molecule has 0 amide bonds. The Morgan fingerprint density at radius 2 is 1.85 bits per heavy atom. The first-order valence-electron chi connectivity index (χ1n) is 6.30. The van der Waals surface area contributed by atoms with E-state index in [0.29, 0.717) is 11.3 Å². The van der Waals surface area contributed by atoms with E-state index in [1.807, 2.05) is 49.0 Å². The van der Waals surface area contributed by atoms with Crippen molar-refractivity contribution in [1.82, 2.24) is 19.3 Å². The van der Waals surface area contributed by atoms with Gasteiger partial charge in [-0.2, -0.15) is 0 Å². The molecule has 0 N–H and O–H groups in total. The molecular weight excluding hydrogens is 252 g/mol. The van der Waals surface area contributed by atoms with Gasteiger partial charge in [0.25, 0.3) is 5.56 Å². The van der Waals surface area contributed by atoms with Crippen LogP contribution in [0, 0.1) is 6.92 Å². The maximum absolute atomic E-state index is 12.7. The van der Waals surface area contributed by atoms with Crippen molar-refractivity contribution in [3.63, 3.8) is 0 Å². The Labute approximate surface area is 116 Å². The molecule has 0 spiro atoms. The van der Waals surface area contributed by atoms with Crippen molar-refractivity contribution in [2.24, 2.45) is 7.05 Å². The van der Waals surface area contributed by atoms with Crippen LogP contribution in [0.2, 0.25) is 0 Å². The molecule has 0 unspecified atom stereocenters. The lowest BCUT2D eigenvalue weighted by Gasteiger charge is -2.07. The van der Waals surface area contributed by atoms with E-state index in [1.54, 1.807) is 23.3 Å². The average Bonchev–Trinajstić information content (AvgIpc) is 2.71. The van der Waals surface area contributed by atoms with Gasteiger partial charge in [0, 0.05) is 25.1 Å². The molecule has 5 nitrogen and oxygen atoms in total. The summed E-state index contributed by atoms with van der Waals surface area (Å²) >= 11 is 0. The van der Waals surface area contributed by atoms with E-state index in [2.05, 4.69) is 9.97 Å². The highest BCUT2D eigenvalue weighted by molar-refractivity contribution is 5.60. The van der Waals surface area contributed by atoms with Crippen molar-refractivity contribution in [3.05, 3.63) is 65.0 Å². The first kappa shape index (κ1) is 12.3. The maximum atomic E-state index is 12.7. The molecule has 3 aromatic rings. The fourth-order valence-corrected chi connectivity index (χ4v) is 2.29. The van der Waals surface area contributed by atoms with Crippen molar-refractivity contribution in [2.75, 3.05) is 0 Å². The SMILES string of the molecule is Cc1c(-c2cnccn2)c(=O)n(-c2ccccc2)n1C. The smallest absolute Gasteiger partial charge is 0.281 e. The Morgan fingerprint density at radius 1 is 1.10 bits per heavy atom. The van der Waals surface area contributed by atoms with Gasteiger partial charge in [0.2, 0.25) is 0 Å². The molecule has 20 heavy (non-hydrogen) atoms. The van der Waals surface area contributed by atoms with Crippen LogP contribution in [0.1, 0.15) is 5.69 Å². The summed E-state index contributed by atoms with van der Waals surface area (Å²) in [5.41, 5.74) is 2.79. The summed E-state index contributed by atoms with van der Waals surface area (Å²) in [6, 6.07) is 9.55. The Bertz CT molecular complexity index is 722. The third kappa shape index (κ3) is 1.84. The van der Waals surface area contributed by atoms with E-state index in [4.69, 9.17) is 0 Å². The van der Waals surface area contributed by atoms with Gasteiger partial charge < -0.3 is 0 Å². The molecular formula is C15H14N4O. The highest BCUT2D eigenvalue weighted by atomic mass is 16.1. The van der Waals surface area contributed by atoms with Crippen molar-refractivity contribution < 1.29 is 0 Å². The van der Waals surface area contributed by atoms with E-state index < -0.39 is 0 Å². The molecule has 0 bridgehead atoms. The summed E-state index contributed by atoms with van der Waals surface area (Å²) in [5.74, 6) is 0. The molecule has 0 saturated carbocycles. The lowest BCUT2D eigenvalue weighted by molar-refractivity contribution is 0.630. The number of hydrogen-bond donors (Lipinski definition) is 0. The third-order valence-corrected chi connectivity index (χ3v) is 3.37. The minimum Gasteiger partial charge on any atom is -0.285 e. The van der Waals surface area contributed by atoms with Crippen LogP contribution in [0.15, 0.2) is 53.7 Å². The van der Waals surface area contributed by atoms with Crippen LogP contribution in [0.4, 0.5) is 0 Å². The Balaban J connectivity index is 2.29. The molecule has 3 rings (SSSR count). The topological polar surface area (TPSA) is 52.7 Å². The molecule has 5 heteroatoms. The van der Waals surface area contributed by atoms with Crippen LogP contribution < -0.4 is 5.56 Å². The van der Waals surface area contributed by atoms with E-state index in [1.165, 1.54) is 0 Å². The number of benzene rings is 1. The summed E-state index contributed by atoms with van der Waals surface area (Å²) < 4.78 is 3.47. The van der Waals surface area contributed by atoms with Gasteiger partial charge in [0.1, 0.15) is 0 Å². The van der Waals surface area contributed by atoms with E-state index in [0.717, 1.165) is 11.4 Å². The van der Waals surface area contributed by atoms with E-state index in [-0.39, 0.29) is 5.56 Å². The molecule has 0 aliphatic heterocycles. The second-order valence-electron chi connectivity index (χ2n) is 4.53. The van der Waals surface area contributed by atoms with Crippen molar-refractivity contribution in [1.29, 1.82) is 0 Å². The number of rotatable bonds is 2. The van der Waals surface area contributed by atoms with Crippen LogP contribution in [0.5, 0.6) is 0 Å². The summed E-state index contributed by atoms with van der Waals surface area (Å²) in [6.07, 6.45) is 4.80. The standard InChI is InChI=1S/C15H14N4O/c1-11-14(13-10-16-8-9-17-13)15(20)19(18(11)2)12-6-4-3-5-7-12/h3-10H,1-2H3. The quantitative estimate of drug-likeness (QED) is 0.712. The molecule has 2 aromatic heterocycles. The monoisotopic (exact) mass is 266 g/mol. The van der Waals surface area contributed by atoms with Gasteiger partial charge in [0.05, 0.1) is 23.1 Å². The first-order valence-corrected chi connectivity index (χ1v) is 6.30. The van der Waals surface area contributed by atoms with Crippen molar-refractivity contribution >= 4 is 0 Å². The van der Waals surface area contributed by atoms with Gasteiger partial charge in [-0.25, -0.2) is 4.68 Å². The van der Waals surface area contributed by atoms with Crippen molar-refractivity contribution in [2.45, 2.75) is 6.92 Å². The zero-order valence-electron chi connectivity index (χ0n) is 11.3. The fourth-order valence-electron chi connectivity index (χ4n) is 2.29. The zero-order valence-corrected chi connectivity index (χ0v) is 11.3. The highest BCUT2D eigenvalue weighted by Gasteiger charge is 2.18. The van der Waals surface area contributed by atoms with Crippen LogP contribution in [0.3, 0.4) is 0 Å². The average molecular weight is 266 g/mol. The molecule has 0 aliphatic carbocycles. The number of hydrogen-bond acceptors (Lipinski definition) is 3. The van der Waals surface area contributed by atoms with Crippen LogP contribution >= 0.6 is 0 Å². The molecule has 0 radical (unpaired) electrons. The normalized spacial score (nSPS) is 10.7. The highest BCUT2D eigenvalue weighted by Crippen LogP contribution is 2.18. The third-order valence-electron chi connectivity index (χ3n) is 3.37. The lowest BCUT2D eigenvalue weighted by Crippen LogP contribution is -2.20. The minimum absolute atomic E-state index is 0.0864. The van der Waals surface area contributed by atoms with Gasteiger partial charge >= 0.3 is 0 Å². The molecule has 0 aliphatic rings. The van der Waals surface area contributed by atoms with Crippen LogP contribution in [-0.4, -0.2) is 19.3 Å². The molecule has 0 fully saturated rings. The summed E-state index contributed by atoms with van der Waals surface area (Å²) in [4.78, 5) is 21.0. The van der Waals surface area contributed by atoms with Gasteiger partial charge in [-0.3, -0.25) is 19.4 Å². The predicted molar refractivity (Wildman–Crippen MR) is 76.8 cm³/mol. The summed E-state index contributed by atoms with van der Waals surface area (Å²) in [5, 5.41) is 0. The van der Waals surface area contributed by atoms with E-state index >= 15 is 0 Å². The Kier molecular flexibility index (Phi) is 2.95. The maximum Gasteiger partial charge on any atom is 0.281 e. The molecule has 1 aromatic carbocycles. The van der Waals surface area contributed by atoms with Crippen LogP contribution in [0.25, 0.3) is 16.9 Å². The minimum atomic E-state index is -0.0864. The molecule has 2 heterocycles. The Morgan fingerprint density at radius 3 is 2.50 bits per heavy atom. The second kappa shape index (κ2) is 4.77. The zero-order chi connectivity index (χ0) is 14.1. The van der Waals surface area contributed by atoms with Crippen molar-refractivity contribution in [3.8, 4) is 16.9 Å². The van der Waals surface area contributed by atoms with Gasteiger partial charge in [-0.1, -0.05) is 18.2 Å². The lowest BCUT2D eigenvalue weighted by atomic mass is 10.2. The van der Waals surface area contributed by atoms with Crippen LogP contribution in [-0.2, 0) is 7.05 Å². The fraction of sp³-hybridized carbons (Fsp3) is 0.133. The van der Waals surface area contributed by atoms with Gasteiger partial charge in [0.15, 0.2) is 0 Å². The number of nitrogens with zero attached hydrogens (tertiary/aromatic N) is 4. The van der Waals surface area contributed by atoms with Gasteiger partial charge in [-0.05, 0) is 19.1 Å². The molecule has 0 atom stereocenters. The molecule has 0 saturated heterocycles. The number of para-hydroxylation sites is 1. The number of aromatic nitrogens is 4. The summed E-state index contributed by atoms with van der Waals surface area (Å²) in [6.45, 7) is 1.91. The molecule has 100 valence electrons. The van der Waals surface area contributed by atoms with Gasteiger partial charge in [-0.15, -0.1) is 0 Å².